The Hall–Kier alpha value is -1.18. The maximum Gasteiger partial charge on any atom is 0.115 e. The molecule has 0 saturated carbocycles. The van der Waals surface area contributed by atoms with E-state index >= 15 is 0 Å². The molecular formula is C14H20N2O4. The number of hydrogen-bond donors (Lipinski definition) is 0. The smallest absolute Gasteiger partial charge is 0.115 e. The van der Waals surface area contributed by atoms with Gasteiger partial charge < -0.3 is 18.9 Å². The minimum Gasteiger partial charge on any atom is -0.372 e. The van der Waals surface area contributed by atoms with Gasteiger partial charge in [-0.15, -0.1) is 0 Å². The summed E-state index contributed by atoms with van der Waals surface area (Å²) in [6.45, 7) is 5.32. The second-order valence-electron chi connectivity index (χ2n) is 5.40. The normalized spacial score (nSPS) is 35.0. The first-order valence-corrected chi connectivity index (χ1v) is 6.91. The summed E-state index contributed by atoms with van der Waals surface area (Å²) in [4.78, 5) is 0. The van der Waals surface area contributed by atoms with E-state index in [0.29, 0.717) is 26.4 Å². The Balaban J connectivity index is 1.79. The Bertz CT molecular complexity index is 365. The number of rotatable bonds is 6. The minimum absolute atomic E-state index is 0.136. The monoisotopic (exact) mass is 280 g/mol. The fourth-order valence-corrected chi connectivity index (χ4v) is 2.33. The molecule has 0 bridgehead atoms. The second-order valence-corrected chi connectivity index (χ2v) is 5.40. The van der Waals surface area contributed by atoms with Crippen molar-refractivity contribution in [1.29, 1.82) is 10.5 Å². The van der Waals surface area contributed by atoms with E-state index in [-0.39, 0.29) is 36.3 Å². The van der Waals surface area contributed by atoms with Crippen LogP contribution in [0.15, 0.2) is 0 Å². The maximum atomic E-state index is 8.74. The van der Waals surface area contributed by atoms with Gasteiger partial charge in [0.2, 0.25) is 0 Å². The van der Waals surface area contributed by atoms with Gasteiger partial charge in [0.25, 0.3) is 0 Å². The zero-order valence-electron chi connectivity index (χ0n) is 11.8. The third kappa shape index (κ3) is 3.47. The van der Waals surface area contributed by atoms with Crippen LogP contribution in [-0.4, -0.2) is 50.8 Å². The molecule has 0 spiro atoms. The second kappa shape index (κ2) is 7.01. The first kappa shape index (κ1) is 15.2. The fraction of sp³-hybridized carbons (Fsp3) is 0.857. The van der Waals surface area contributed by atoms with Crippen molar-refractivity contribution in [3.63, 3.8) is 0 Å². The van der Waals surface area contributed by atoms with Crippen LogP contribution < -0.4 is 0 Å². The zero-order valence-corrected chi connectivity index (χ0v) is 11.8. The predicted octanol–water partition coefficient (Wildman–Crippen LogP) is 0.874. The number of hydrogen-bond acceptors (Lipinski definition) is 6. The molecule has 0 radical (unpaired) electrons. The summed E-state index contributed by atoms with van der Waals surface area (Å²) in [5, 5.41) is 17.5. The van der Waals surface area contributed by atoms with E-state index in [2.05, 4.69) is 12.1 Å². The van der Waals surface area contributed by atoms with Gasteiger partial charge in [-0.25, -0.2) is 0 Å². The van der Waals surface area contributed by atoms with Crippen LogP contribution >= 0.6 is 0 Å². The molecule has 6 heteroatoms. The Morgan fingerprint density at radius 2 is 1.35 bits per heavy atom. The molecular weight excluding hydrogens is 260 g/mol. The van der Waals surface area contributed by atoms with Crippen LogP contribution in [0, 0.1) is 34.5 Å². The van der Waals surface area contributed by atoms with E-state index < -0.39 is 0 Å². The first-order valence-electron chi connectivity index (χ1n) is 6.91. The number of ether oxygens (including phenoxy) is 4. The van der Waals surface area contributed by atoms with E-state index in [4.69, 9.17) is 29.5 Å². The summed E-state index contributed by atoms with van der Waals surface area (Å²) in [7, 11) is 0. The molecule has 6 nitrogen and oxygen atoms in total. The van der Waals surface area contributed by atoms with Gasteiger partial charge in [0.05, 0.1) is 50.4 Å². The quantitative estimate of drug-likeness (QED) is 0.718. The molecule has 2 aliphatic heterocycles. The van der Waals surface area contributed by atoms with Gasteiger partial charge in [-0.2, -0.15) is 10.5 Å². The van der Waals surface area contributed by atoms with Crippen LogP contribution in [0.2, 0.25) is 0 Å². The highest BCUT2D eigenvalue weighted by Gasteiger charge is 2.49. The Labute approximate surface area is 119 Å². The highest BCUT2D eigenvalue weighted by Crippen LogP contribution is 2.30. The number of nitrogens with zero attached hydrogens (tertiary/aromatic N) is 2. The lowest BCUT2D eigenvalue weighted by Crippen LogP contribution is -2.35. The lowest BCUT2D eigenvalue weighted by Gasteiger charge is -2.18. The maximum absolute atomic E-state index is 8.74. The molecule has 0 aromatic heterocycles. The molecule has 2 rings (SSSR count). The third-order valence-corrected chi connectivity index (χ3v) is 3.52. The minimum atomic E-state index is -0.141. The molecule has 2 saturated heterocycles. The Kier molecular flexibility index (Phi) is 5.33. The standard InChI is InChI=1S/C14H20N2O4/c1-9(3-15)5-17-11-7-19-14-12(8-20-13(11)14)18-6-10(2)4-16/h9-14H,5-8H2,1-2H3/t9?,10?,11-,12-,13?,14?/m1/s1. The van der Waals surface area contributed by atoms with Crippen LogP contribution in [0.5, 0.6) is 0 Å². The third-order valence-electron chi connectivity index (χ3n) is 3.52. The predicted molar refractivity (Wildman–Crippen MR) is 68.5 cm³/mol. The van der Waals surface area contributed by atoms with Crippen molar-refractivity contribution in [2.24, 2.45) is 11.8 Å². The summed E-state index contributed by atoms with van der Waals surface area (Å²) in [6, 6.07) is 4.27. The van der Waals surface area contributed by atoms with Crippen molar-refractivity contribution in [1.82, 2.24) is 0 Å². The van der Waals surface area contributed by atoms with E-state index in [1.54, 1.807) is 0 Å². The SMILES string of the molecule is CC(C#N)CO[C@@H]1COC2C1OC[C@H]2OCC(C)C#N. The van der Waals surface area contributed by atoms with Crippen molar-refractivity contribution in [2.45, 2.75) is 38.3 Å². The summed E-state index contributed by atoms with van der Waals surface area (Å²) < 4.78 is 22.8. The lowest BCUT2D eigenvalue weighted by atomic mass is 10.1. The van der Waals surface area contributed by atoms with Crippen molar-refractivity contribution >= 4 is 0 Å². The van der Waals surface area contributed by atoms with Crippen molar-refractivity contribution in [3.8, 4) is 12.1 Å². The number of nitriles is 2. The molecule has 0 amide bonds. The average Bonchev–Trinajstić information content (AvgIpc) is 3.04. The fourth-order valence-electron chi connectivity index (χ4n) is 2.33. The van der Waals surface area contributed by atoms with Gasteiger partial charge in [-0.1, -0.05) is 0 Å². The highest BCUT2D eigenvalue weighted by atomic mass is 16.6. The highest BCUT2D eigenvalue weighted by molar-refractivity contribution is 4.96. The van der Waals surface area contributed by atoms with Crippen LogP contribution in [-0.2, 0) is 18.9 Å². The van der Waals surface area contributed by atoms with Gasteiger partial charge in [0.15, 0.2) is 0 Å². The Morgan fingerprint density at radius 1 is 0.950 bits per heavy atom. The molecule has 0 aromatic carbocycles. The summed E-state index contributed by atoms with van der Waals surface area (Å²) in [5.74, 6) is -0.280. The molecule has 20 heavy (non-hydrogen) atoms. The van der Waals surface area contributed by atoms with Crippen LogP contribution in [0.3, 0.4) is 0 Å². The number of fused-ring (bicyclic) bond motifs is 1. The molecule has 2 aliphatic rings. The molecule has 2 heterocycles. The lowest BCUT2D eigenvalue weighted by molar-refractivity contribution is -0.0554. The molecule has 0 aromatic rings. The van der Waals surface area contributed by atoms with Gasteiger partial charge in [0, 0.05) is 0 Å². The molecule has 6 atom stereocenters. The van der Waals surface area contributed by atoms with Gasteiger partial charge >= 0.3 is 0 Å². The van der Waals surface area contributed by atoms with E-state index in [1.807, 2.05) is 13.8 Å². The molecule has 4 unspecified atom stereocenters. The van der Waals surface area contributed by atoms with Gasteiger partial charge in [-0.05, 0) is 13.8 Å². The summed E-state index contributed by atoms with van der Waals surface area (Å²) in [6.07, 6.45) is -0.554. The van der Waals surface area contributed by atoms with E-state index in [0.717, 1.165) is 0 Å². The van der Waals surface area contributed by atoms with E-state index in [1.165, 1.54) is 0 Å². The van der Waals surface area contributed by atoms with Crippen molar-refractivity contribution in [3.05, 3.63) is 0 Å². The molecule has 110 valence electrons. The first-order chi connectivity index (χ1) is 9.65. The largest absolute Gasteiger partial charge is 0.372 e. The van der Waals surface area contributed by atoms with Crippen LogP contribution in [0.4, 0.5) is 0 Å². The van der Waals surface area contributed by atoms with Crippen LogP contribution in [0.25, 0.3) is 0 Å². The zero-order chi connectivity index (χ0) is 14.5. The average molecular weight is 280 g/mol. The van der Waals surface area contributed by atoms with Crippen molar-refractivity contribution in [2.75, 3.05) is 26.4 Å². The topological polar surface area (TPSA) is 84.5 Å². The van der Waals surface area contributed by atoms with Gasteiger partial charge in [0.1, 0.15) is 24.4 Å². The van der Waals surface area contributed by atoms with Gasteiger partial charge in [-0.3, -0.25) is 0 Å². The molecule has 2 fully saturated rings. The van der Waals surface area contributed by atoms with E-state index in [9.17, 15) is 0 Å². The summed E-state index contributed by atoms with van der Waals surface area (Å²) in [5.41, 5.74) is 0. The molecule has 0 aliphatic carbocycles. The van der Waals surface area contributed by atoms with Crippen LogP contribution in [0.1, 0.15) is 13.8 Å². The van der Waals surface area contributed by atoms with Crippen molar-refractivity contribution < 1.29 is 18.9 Å². The molecule has 0 N–H and O–H groups in total. The summed E-state index contributed by atoms with van der Waals surface area (Å²) >= 11 is 0. The Morgan fingerprint density at radius 3 is 1.70 bits per heavy atom.